The molecule has 1 aromatic heterocycles. The Bertz CT molecular complexity index is 1590. The Morgan fingerprint density at radius 3 is 2.18 bits per heavy atom. The third-order valence-corrected chi connectivity index (χ3v) is 7.22. The molecule has 1 atom stereocenters. The molecule has 10 nitrogen and oxygen atoms in total. The molecule has 0 N–H and O–H groups in total. The molecule has 3 aromatic rings. The molecule has 1 aliphatic heterocycles. The van der Waals surface area contributed by atoms with Gasteiger partial charge in [0.2, 0.25) is 5.75 Å². The highest BCUT2D eigenvalue weighted by atomic mass is 32.1. The molecule has 0 fully saturated rings. The molecule has 0 saturated carbocycles. The van der Waals surface area contributed by atoms with Crippen molar-refractivity contribution in [2.24, 2.45) is 4.99 Å². The smallest absolute Gasteiger partial charge is 0.338 e. The van der Waals surface area contributed by atoms with E-state index in [4.69, 9.17) is 28.4 Å². The molecular formula is C28H30N2O8S. The van der Waals surface area contributed by atoms with E-state index in [9.17, 15) is 9.59 Å². The van der Waals surface area contributed by atoms with Crippen molar-refractivity contribution in [1.29, 1.82) is 0 Å². The van der Waals surface area contributed by atoms with Gasteiger partial charge in [-0.2, -0.15) is 0 Å². The van der Waals surface area contributed by atoms with Crippen molar-refractivity contribution in [3.63, 3.8) is 0 Å². The van der Waals surface area contributed by atoms with Crippen molar-refractivity contribution in [3.05, 3.63) is 72.4 Å². The maximum absolute atomic E-state index is 14.0. The number of methoxy groups -OCH3 is 5. The van der Waals surface area contributed by atoms with Crippen LogP contribution in [0, 0.1) is 0 Å². The van der Waals surface area contributed by atoms with Crippen LogP contribution in [-0.4, -0.2) is 52.7 Å². The second kappa shape index (κ2) is 11.6. The first kappa shape index (κ1) is 27.8. The molecule has 0 spiro atoms. The highest BCUT2D eigenvalue weighted by Gasteiger charge is 2.34. The number of esters is 1. The maximum Gasteiger partial charge on any atom is 0.338 e. The summed E-state index contributed by atoms with van der Waals surface area (Å²) in [6.07, 6.45) is 1.72. The Hall–Kier alpha value is -4.25. The minimum atomic E-state index is -0.858. The largest absolute Gasteiger partial charge is 0.493 e. The SMILES string of the molecule is CCOC(=O)C1=C(C)N=c2s/c(=C/c3cccc(OC)c3OC)c(=O)n2[C@H]1c1cc(OC)c(OC)c(OC)c1. The van der Waals surface area contributed by atoms with Crippen LogP contribution in [0.15, 0.2) is 51.4 Å². The summed E-state index contributed by atoms with van der Waals surface area (Å²) in [6.45, 7) is 3.61. The highest BCUT2D eigenvalue weighted by Crippen LogP contribution is 2.42. The number of carbonyl (C=O) groups is 1. The van der Waals surface area contributed by atoms with E-state index in [2.05, 4.69) is 4.99 Å². The van der Waals surface area contributed by atoms with Gasteiger partial charge in [-0.05, 0) is 43.7 Å². The number of ether oxygens (including phenoxy) is 6. The number of benzene rings is 2. The standard InChI is InChI=1S/C28H30N2O8S/c1-8-38-27(32)22-15(2)29-28-30(23(22)17-12-19(34-4)25(37-7)20(13-17)35-5)26(31)21(39-28)14-16-10-9-11-18(33-3)24(16)36-6/h9-14,23H,8H2,1-7H3/b21-14+/t23-/m0/s1. The molecule has 11 heteroatoms. The molecule has 4 rings (SSSR count). The quantitative estimate of drug-likeness (QED) is 0.372. The van der Waals surface area contributed by atoms with Crippen molar-refractivity contribution in [3.8, 4) is 28.7 Å². The fraction of sp³-hybridized carbons (Fsp3) is 0.321. The number of nitrogens with zero attached hydrogens (tertiary/aromatic N) is 2. The van der Waals surface area contributed by atoms with E-state index in [-0.39, 0.29) is 17.7 Å². The number of hydrogen-bond acceptors (Lipinski definition) is 10. The Morgan fingerprint density at radius 2 is 1.62 bits per heavy atom. The number of hydrogen-bond donors (Lipinski definition) is 0. The summed E-state index contributed by atoms with van der Waals surface area (Å²) in [5, 5.41) is 0. The first-order chi connectivity index (χ1) is 18.8. The van der Waals surface area contributed by atoms with Gasteiger partial charge in [0.1, 0.15) is 0 Å². The summed E-state index contributed by atoms with van der Waals surface area (Å²) in [5.41, 5.74) is 1.57. The number of allylic oxidation sites excluding steroid dienone is 1. The van der Waals surface area contributed by atoms with Crippen molar-refractivity contribution in [2.75, 3.05) is 42.2 Å². The van der Waals surface area contributed by atoms with Gasteiger partial charge in [-0.3, -0.25) is 9.36 Å². The summed E-state index contributed by atoms with van der Waals surface area (Å²) >= 11 is 1.20. The van der Waals surface area contributed by atoms with E-state index >= 15 is 0 Å². The molecule has 0 bridgehead atoms. The average molecular weight is 555 g/mol. The third kappa shape index (κ3) is 4.97. The Balaban J connectivity index is 2.03. The van der Waals surface area contributed by atoms with Crippen LogP contribution < -0.4 is 38.6 Å². The van der Waals surface area contributed by atoms with E-state index in [1.54, 1.807) is 45.2 Å². The molecule has 2 heterocycles. The van der Waals surface area contributed by atoms with Crippen LogP contribution in [0.25, 0.3) is 6.08 Å². The summed E-state index contributed by atoms with van der Waals surface area (Å²) in [4.78, 5) is 32.2. The topological polar surface area (TPSA) is 107 Å². The van der Waals surface area contributed by atoms with Gasteiger partial charge in [0, 0.05) is 5.56 Å². The minimum Gasteiger partial charge on any atom is -0.493 e. The lowest BCUT2D eigenvalue weighted by Crippen LogP contribution is -2.40. The first-order valence-electron chi connectivity index (χ1n) is 12.0. The third-order valence-electron chi connectivity index (χ3n) is 6.24. The summed E-state index contributed by atoms with van der Waals surface area (Å²) in [5.74, 6) is 1.62. The molecule has 1 aliphatic rings. The highest BCUT2D eigenvalue weighted by molar-refractivity contribution is 7.07. The van der Waals surface area contributed by atoms with Gasteiger partial charge in [0.15, 0.2) is 27.8 Å². The lowest BCUT2D eigenvalue weighted by molar-refractivity contribution is -0.139. The Kier molecular flexibility index (Phi) is 8.29. The monoisotopic (exact) mass is 554 g/mol. The molecule has 206 valence electrons. The zero-order chi connectivity index (χ0) is 28.3. The normalized spacial score (nSPS) is 14.8. The van der Waals surface area contributed by atoms with Crippen molar-refractivity contribution < 1.29 is 33.2 Å². The van der Waals surface area contributed by atoms with E-state index in [1.165, 1.54) is 44.3 Å². The summed E-state index contributed by atoms with van der Waals surface area (Å²) < 4.78 is 34.8. The maximum atomic E-state index is 14.0. The van der Waals surface area contributed by atoms with Crippen LogP contribution in [0.4, 0.5) is 0 Å². The molecular weight excluding hydrogens is 524 g/mol. The molecule has 0 unspecified atom stereocenters. The van der Waals surface area contributed by atoms with Gasteiger partial charge in [0.25, 0.3) is 5.56 Å². The number of fused-ring (bicyclic) bond motifs is 1. The predicted octanol–water partition coefficient (Wildman–Crippen LogP) is 2.84. The van der Waals surface area contributed by atoms with Crippen LogP contribution in [0.1, 0.15) is 31.0 Å². The Morgan fingerprint density at radius 1 is 0.974 bits per heavy atom. The zero-order valence-corrected chi connectivity index (χ0v) is 23.6. The van der Waals surface area contributed by atoms with E-state index < -0.39 is 12.0 Å². The van der Waals surface area contributed by atoms with Crippen molar-refractivity contribution in [2.45, 2.75) is 19.9 Å². The first-order valence-corrected chi connectivity index (χ1v) is 12.9. The number of thiazole rings is 1. The molecule has 0 amide bonds. The van der Waals surface area contributed by atoms with Gasteiger partial charge in [-0.1, -0.05) is 23.5 Å². The molecule has 0 saturated heterocycles. The van der Waals surface area contributed by atoms with Crippen LogP contribution in [0.5, 0.6) is 28.7 Å². The summed E-state index contributed by atoms with van der Waals surface area (Å²) in [6, 6.07) is 7.98. The molecule has 0 radical (unpaired) electrons. The van der Waals surface area contributed by atoms with E-state index in [0.717, 1.165) is 0 Å². The molecule has 39 heavy (non-hydrogen) atoms. The van der Waals surface area contributed by atoms with Gasteiger partial charge < -0.3 is 28.4 Å². The minimum absolute atomic E-state index is 0.164. The van der Waals surface area contributed by atoms with Crippen LogP contribution in [0.2, 0.25) is 0 Å². The van der Waals surface area contributed by atoms with E-state index in [1.807, 2.05) is 12.1 Å². The number of carbonyl (C=O) groups excluding carboxylic acids is 1. The fourth-order valence-electron chi connectivity index (χ4n) is 4.53. The van der Waals surface area contributed by atoms with Crippen LogP contribution in [0.3, 0.4) is 0 Å². The number of para-hydroxylation sites is 1. The number of rotatable bonds is 9. The molecule has 0 aliphatic carbocycles. The van der Waals surface area contributed by atoms with Crippen molar-refractivity contribution >= 4 is 23.4 Å². The average Bonchev–Trinajstić information content (AvgIpc) is 3.24. The second-order valence-corrected chi connectivity index (χ2v) is 9.35. The van der Waals surface area contributed by atoms with Gasteiger partial charge in [-0.15, -0.1) is 0 Å². The predicted molar refractivity (Wildman–Crippen MR) is 146 cm³/mol. The van der Waals surface area contributed by atoms with Crippen LogP contribution in [-0.2, 0) is 9.53 Å². The van der Waals surface area contributed by atoms with Crippen LogP contribution >= 0.6 is 11.3 Å². The van der Waals surface area contributed by atoms with Crippen molar-refractivity contribution in [1.82, 2.24) is 4.57 Å². The second-order valence-electron chi connectivity index (χ2n) is 8.34. The molecule has 2 aromatic carbocycles. The lowest BCUT2D eigenvalue weighted by atomic mass is 9.95. The van der Waals surface area contributed by atoms with Gasteiger partial charge in [-0.25, -0.2) is 9.79 Å². The van der Waals surface area contributed by atoms with E-state index in [0.29, 0.717) is 54.9 Å². The number of aromatic nitrogens is 1. The zero-order valence-electron chi connectivity index (χ0n) is 22.8. The lowest BCUT2D eigenvalue weighted by Gasteiger charge is -2.26. The van der Waals surface area contributed by atoms with Gasteiger partial charge >= 0.3 is 5.97 Å². The summed E-state index contributed by atoms with van der Waals surface area (Å²) in [7, 11) is 7.59. The fourth-order valence-corrected chi connectivity index (χ4v) is 5.57. The Labute approximate surface area is 229 Å². The van der Waals surface area contributed by atoms with Gasteiger partial charge in [0.05, 0.1) is 64.0 Å².